The van der Waals surface area contributed by atoms with Gasteiger partial charge in [0.2, 0.25) is 0 Å². The molecular weight excluding hydrogens is 256 g/mol. The van der Waals surface area contributed by atoms with E-state index in [0.717, 1.165) is 12.0 Å². The number of para-hydroxylation sites is 1. The molecule has 0 saturated heterocycles. The van der Waals surface area contributed by atoms with Crippen molar-refractivity contribution in [3.8, 4) is 0 Å². The Bertz CT molecular complexity index is 360. The number of alkyl halides is 3. The summed E-state index contributed by atoms with van der Waals surface area (Å²) < 4.78 is -1.93. The normalized spacial score (nSPS) is 11.2. The van der Waals surface area contributed by atoms with E-state index in [4.69, 9.17) is 34.8 Å². The molecule has 0 aliphatic heterocycles. The van der Waals surface area contributed by atoms with Crippen LogP contribution in [0.1, 0.15) is 12.5 Å². The molecule has 0 spiro atoms. The molecule has 0 saturated carbocycles. The number of benzene rings is 1. The molecule has 0 aliphatic rings. The van der Waals surface area contributed by atoms with E-state index in [0.29, 0.717) is 5.69 Å². The minimum atomic E-state index is -1.93. The molecule has 0 bridgehead atoms. The maximum Gasteiger partial charge on any atom is 0.276 e. The van der Waals surface area contributed by atoms with Crippen molar-refractivity contribution in [1.29, 1.82) is 0 Å². The molecule has 1 rings (SSSR count). The molecule has 15 heavy (non-hydrogen) atoms. The van der Waals surface area contributed by atoms with Crippen molar-refractivity contribution < 1.29 is 4.79 Å². The average Bonchev–Trinajstić information content (AvgIpc) is 2.17. The average molecular weight is 267 g/mol. The monoisotopic (exact) mass is 265 g/mol. The van der Waals surface area contributed by atoms with Crippen molar-refractivity contribution in [3.63, 3.8) is 0 Å². The lowest BCUT2D eigenvalue weighted by Crippen LogP contribution is -2.27. The summed E-state index contributed by atoms with van der Waals surface area (Å²) in [5.74, 6) is -0.645. The Morgan fingerprint density at radius 3 is 2.47 bits per heavy atom. The molecule has 0 atom stereocenters. The van der Waals surface area contributed by atoms with Crippen LogP contribution in [-0.4, -0.2) is 9.70 Å². The second-order valence-electron chi connectivity index (χ2n) is 2.96. The summed E-state index contributed by atoms with van der Waals surface area (Å²) in [5.41, 5.74) is 1.68. The zero-order valence-electron chi connectivity index (χ0n) is 8.06. The van der Waals surface area contributed by atoms with Crippen molar-refractivity contribution in [3.05, 3.63) is 29.8 Å². The van der Waals surface area contributed by atoms with Gasteiger partial charge in [-0.1, -0.05) is 59.9 Å². The smallest absolute Gasteiger partial charge is 0.276 e. The third-order valence-electron chi connectivity index (χ3n) is 1.90. The number of hydrogen-bond acceptors (Lipinski definition) is 1. The van der Waals surface area contributed by atoms with Crippen molar-refractivity contribution in [2.75, 3.05) is 5.32 Å². The van der Waals surface area contributed by atoms with Crippen LogP contribution < -0.4 is 5.32 Å². The standard InChI is InChI=1S/C10H10Cl3NO/c1-2-7-5-3-4-6-8(7)14-9(15)10(11,12)13/h3-6H,2H2,1H3,(H,14,15). The van der Waals surface area contributed by atoms with Gasteiger partial charge in [0.25, 0.3) is 9.70 Å². The van der Waals surface area contributed by atoms with E-state index in [1.54, 1.807) is 6.07 Å². The van der Waals surface area contributed by atoms with Crippen molar-refractivity contribution >= 4 is 46.4 Å². The van der Waals surface area contributed by atoms with Gasteiger partial charge in [0.15, 0.2) is 0 Å². The van der Waals surface area contributed by atoms with Crippen LogP contribution in [0, 0.1) is 0 Å². The molecule has 82 valence electrons. The zero-order chi connectivity index (χ0) is 11.5. The quantitative estimate of drug-likeness (QED) is 0.815. The highest BCUT2D eigenvalue weighted by molar-refractivity contribution is 6.76. The molecule has 1 aromatic carbocycles. The van der Waals surface area contributed by atoms with E-state index in [1.807, 2.05) is 25.1 Å². The molecule has 0 radical (unpaired) electrons. The van der Waals surface area contributed by atoms with E-state index >= 15 is 0 Å². The maximum atomic E-state index is 11.4. The van der Waals surface area contributed by atoms with Gasteiger partial charge in [-0.3, -0.25) is 4.79 Å². The summed E-state index contributed by atoms with van der Waals surface area (Å²) in [4.78, 5) is 11.4. The molecule has 1 aromatic rings. The Kier molecular flexibility index (Phi) is 4.26. The van der Waals surface area contributed by atoms with Crippen LogP contribution in [0.3, 0.4) is 0 Å². The topological polar surface area (TPSA) is 29.1 Å². The SMILES string of the molecule is CCc1ccccc1NC(=O)C(Cl)(Cl)Cl. The molecule has 0 aromatic heterocycles. The summed E-state index contributed by atoms with van der Waals surface area (Å²) in [5, 5.41) is 2.57. The highest BCUT2D eigenvalue weighted by Gasteiger charge is 2.30. The molecule has 2 nitrogen and oxygen atoms in total. The molecule has 0 heterocycles. The highest BCUT2D eigenvalue weighted by Crippen LogP contribution is 2.28. The summed E-state index contributed by atoms with van der Waals surface area (Å²) in [6, 6.07) is 7.39. The number of aryl methyl sites for hydroxylation is 1. The molecule has 0 aliphatic carbocycles. The molecular formula is C10H10Cl3NO. The van der Waals surface area contributed by atoms with Gasteiger partial charge in [-0.15, -0.1) is 0 Å². The van der Waals surface area contributed by atoms with E-state index in [1.165, 1.54) is 0 Å². The first-order valence-corrected chi connectivity index (χ1v) is 5.54. The largest absolute Gasteiger partial charge is 0.322 e. The Hall–Kier alpha value is -0.440. The molecule has 1 amide bonds. The van der Waals surface area contributed by atoms with Crippen molar-refractivity contribution in [1.82, 2.24) is 0 Å². The second-order valence-corrected chi connectivity index (χ2v) is 5.24. The Morgan fingerprint density at radius 1 is 1.33 bits per heavy atom. The number of hydrogen-bond donors (Lipinski definition) is 1. The lowest BCUT2D eigenvalue weighted by Gasteiger charge is -2.13. The number of carbonyl (C=O) groups is 1. The van der Waals surface area contributed by atoms with Gasteiger partial charge >= 0.3 is 0 Å². The first-order valence-electron chi connectivity index (χ1n) is 4.41. The maximum absolute atomic E-state index is 11.4. The third kappa shape index (κ3) is 3.56. The molecule has 0 unspecified atom stereocenters. The van der Waals surface area contributed by atoms with Gasteiger partial charge in [-0.2, -0.15) is 0 Å². The number of carbonyl (C=O) groups excluding carboxylic acids is 1. The highest BCUT2D eigenvalue weighted by atomic mass is 35.6. The second kappa shape index (κ2) is 5.06. The van der Waals surface area contributed by atoms with Crippen molar-refractivity contribution in [2.24, 2.45) is 0 Å². The van der Waals surface area contributed by atoms with Crippen LogP contribution in [-0.2, 0) is 11.2 Å². The van der Waals surface area contributed by atoms with Crippen LogP contribution >= 0.6 is 34.8 Å². The summed E-state index contributed by atoms with van der Waals surface area (Å²) in [6.45, 7) is 1.99. The van der Waals surface area contributed by atoms with Gasteiger partial charge < -0.3 is 5.32 Å². The first-order chi connectivity index (χ1) is 6.95. The van der Waals surface area contributed by atoms with Gasteiger partial charge in [-0.25, -0.2) is 0 Å². The number of anilines is 1. The van der Waals surface area contributed by atoms with Crippen LogP contribution in [0.15, 0.2) is 24.3 Å². The number of halogens is 3. The van der Waals surface area contributed by atoms with Gasteiger partial charge in [0.1, 0.15) is 0 Å². The predicted molar refractivity (Wildman–Crippen MR) is 64.7 cm³/mol. The predicted octanol–water partition coefficient (Wildman–Crippen LogP) is 3.56. The number of nitrogens with one attached hydrogen (secondary N) is 1. The van der Waals surface area contributed by atoms with Gasteiger partial charge in [0, 0.05) is 5.69 Å². The van der Waals surface area contributed by atoms with Crippen LogP contribution in [0.2, 0.25) is 0 Å². The molecule has 0 fully saturated rings. The minimum Gasteiger partial charge on any atom is -0.322 e. The van der Waals surface area contributed by atoms with Crippen LogP contribution in [0.5, 0.6) is 0 Å². The number of rotatable bonds is 2. The minimum absolute atomic E-state index is 0.645. The van der Waals surface area contributed by atoms with E-state index in [-0.39, 0.29) is 0 Å². The zero-order valence-corrected chi connectivity index (χ0v) is 10.3. The lowest BCUT2D eigenvalue weighted by molar-refractivity contribution is -0.115. The lowest BCUT2D eigenvalue weighted by atomic mass is 10.1. The van der Waals surface area contributed by atoms with Crippen molar-refractivity contribution in [2.45, 2.75) is 17.1 Å². The Balaban J connectivity index is 2.85. The summed E-state index contributed by atoms with van der Waals surface area (Å²) in [7, 11) is 0. The number of amides is 1. The fourth-order valence-corrected chi connectivity index (χ4v) is 1.29. The van der Waals surface area contributed by atoms with E-state index in [2.05, 4.69) is 5.32 Å². The Labute approximate surface area is 104 Å². The molecule has 1 N–H and O–H groups in total. The van der Waals surface area contributed by atoms with E-state index < -0.39 is 9.70 Å². The summed E-state index contributed by atoms with van der Waals surface area (Å²) in [6.07, 6.45) is 0.802. The summed E-state index contributed by atoms with van der Waals surface area (Å²) >= 11 is 16.3. The van der Waals surface area contributed by atoms with E-state index in [9.17, 15) is 4.79 Å². The molecule has 5 heteroatoms. The fraction of sp³-hybridized carbons (Fsp3) is 0.300. The first kappa shape index (κ1) is 12.6. The van der Waals surface area contributed by atoms with Gasteiger partial charge in [-0.05, 0) is 18.1 Å². The fourth-order valence-electron chi connectivity index (χ4n) is 1.14. The van der Waals surface area contributed by atoms with Crippen LogP contribution in [0.25, 0.3) is 0 Å². The third-order valence-corrected chi connectivity index (χ3v) is 2.42. The Morgan fingerprint density at radius 2 is 1.93 bits per heavy atom. The van der Waals surface area contributed by atoms with Gasteiger partial charge in [0.05, 0.1) is 0 Å². The van der Waals surface area contributed by atoms with Crippen LogP contribution in [0.4, 0.5) is 5.69 Å².